The summed E-state index contributed by atoms with van der Waals surface area (Å²) in [6.07, 6.45) is 2.25. The van der Waals surface area contributed by atoms with Crippen molar-refractivity contribution in [1.29, 1.82) is 0 Å². The number of aliphatic imine (C=N–C) groups is 1. The molecule has 0 spiro atoms. The molecule has 1 amide bonds. The lowest BCUT2D eigenvalue weighted by molar-refractivity contribution is 0.0507. The maximum atomic E-state index is 11.6. The van der Waals surface area contributed by atoms with Crippen LogP contribution in [0.4, 0.5) is 4.79 Å². The highest BCUT2D eigenvalue weighted by molar-refractivity contribution is 5.79. The van der Waals surface area contributed by atoms with Crippen molar-refractivity contribution in [3.05, 3.63) is 35.9 Å². The minimum Gasteiger partial charge on any atom is -0.444 e. The Morgan fingerprint density at radius 2 is 2.00 bits per heavy atom. The topological polar surface area (TPSA) is 50.7 Å². The summed E-state index contributed by atoms with van der Waals surface area (Å²) < 4.78 is 5.20. The van der Waals surface area contributed by atoms with Gasteiger partial charge < -0.3 is 10.1 Å². The van der Waals surface area contributed by atoms with E-state index >= 15 is 0 Å². The molecule has 1 aromatic carbocycles. The monoisotopic (exact) mass is 276 g/mol. The zero-order valence-electron chi connectivity index (χ0n) is 12.7. The van der Waals surface area contributed by atoms with Gasteiger partial charge in [0.2, 0.25) is 0 Å². The van der Waals surface area contributed by atoms with Crippen LogP contribution in [0.1, 0.15) is 39.7 Å². The zero-order chi connectivity index (χ0) is 15.0. The number of benzene rings is 1. The van der Waals surface area contributed by atoms with Gasteiger partial charge in [-0.1, -0.05) is 30.3 Å². The van der Waals surface area contributed by atoms with Crippen LogP contribution in [0.15, 0.2) is 35.3 Å². The summed E-state index contributed by atoms with van der Waals surface area (Å²) in [4.78, 5) is 15.9. The van der Waals surface area contributed by atoms with Crippen molar-refractivity contribution in [2.75, 3.05) is 6.54 Å². The van der Waals surface area contributed by atoms with Crippen molar-refractivity contribution in [2.45, 2.75) is 45.8 Å². The van der Waals surface area contributed by atoms with Gasteiger partial charge in [-0.05, 0) is 39.7 Å². The SMILES string of the molecule is C[C@@H](CCN=Cc1ccccc1)NC(=O)OC(C)(C)C. The normalized spacial score (nSPS) is 13.2. The van der Waals surface area contributed by atoms with Gasteiger partial charge in [-0.3, -0.25) is 4.99 Å². The number of amides is 1. The van der Waals surface area contributed by atoms with E-state index in [0.29, 0.717) is 6.54 Å². The van der Waals surface area contributed by atoms with Crippen LogP contribution < -0.4 is 5.32 Å². The fourth-order valence-corrected chi connectivity index (χ4v) is 1.56. The van der Waals surface area contributed by atoms with Gasteiger partial charge in [0.1, 0.15) is 5.60 Å². The summed E-state index contributed by atoms with van der Waals surface area (Å²) in [7, 11) is 0. The minimum atomic E-state index is -0.463. The molecule has 20 heavy (non-hydrogen) atoms. The highest BCUT2D eigenvalue weighted by Crippen LogP contribution is 2.07. The zero-order valence-corrected chi connectivity index (χ0v) is 12.7. The van der Waals surface area contributed by atoms with Gasteiger partial charge >= 0.3 is 6.09 Å². The van der Waals surface area contributed by atoms with Crippen LogP contribution in [-0.2, 0) is 4.74 Å². The largest absolute Gasteiger partial charge is 0.444 e. The molecule has 110 valence electrons. The van der Waals surface area contributed by atoms with Gasteiger partial charge in [-0.25, -0.2) is 4.79 Å². The van der Waals surface area contributed by atoms with E-state index in [0.717, 1.165) is 12.0 Å². The average molecular weight is 276 g/mol. The van der Waals surface area contributed by atoms with Crippen molar-refractivity contribution in [2.24, 2.45) is 4.99 Å². The molecule has 4 nitrogen and oxygen atoms in total. The van der Waals surface area contributed by atoms with E-state index in [1.165, 1.54) is 0 Å². The summed E-state index contributed by atoms with van der Waals surface area (Å²) in [6, 6.07) is 9.99. The second-order valence-electron chi connectivity index (χ2n) is 5.78. The third-order valence-corrected chi connectivity index (χ3v) is 2.49. The number of nitrogens with zero attached hydrogens (tertiary/aromatic N) is 1. The standard InChI is InChI=1S/C16H24N2O2/c1-13(18-15(19)20-16(2,3)4)10-11-17-12-14-8-6-5-7-9-14/h5-9,12-13H,10-11H2,1-4H3,(H,18,19)/t13-/m0/s1. The predicted octanol–water partition coefficient (Wildman–Crippen LogP) is 3.41. The third kappa shape index (κ3) is 7.56. The number of alkyl carbamates (subject to hydrolysis) is 1. The molecule has 1 N–H and O–H groups in total. The molecule has 0 aliphatic rings. The third-order valence-electron chi connectivity index (χ3n) is 2.49. The van der Waals surface area contributed by atoms with E-state index in [1.807, 2.05) is 64.2 Å². The Morgan fingerprint density at radius 3 is 2.60 bits per heavy atom. The van der Waals surface area contributed by atoms with E-state index in [-0.39, 0.29) is 12.1 Å². The minimum absolute atomic E-state index is 0.0396. The Kier molecular flexibility index (Phi) is 6.22. The van der Waals surface area contributed by atoms with Gasteiger partial charge in [0.25, 0.3) is 0 Å². The Hall–Kier alpha value is -1.84. The maximum Gasteiger partial charge on any atom is 0.407 e. The van der Waals surface area contributed by atoms with Gasteiger partial charge in [-0.2, -0.15) is 0 Å². The summed E-state index contributed by atoms with van der Waals surface area (Å²) in [6.45, 7) is 8.16. The van der Waals surface area contributed by atoms with Gasteiger partial charge in [0.05, 0.1) is 0 Å². The van der Waals surface area contributed by atoms with Crippen LogP contribution in [0.5, 0.6) is 0 Å². The van der Waals surface area contributed by atoms with Gasteiger partial charge in [0, 0.05) is 18.8 Å². The molecule has 0 fully saturated rings. The van der Waals surface area contributed by atoms with E-state index in [4.69, 9.17) is 4.74 Å². The Balaban J connectivity index is 2.25. The summed E-state index contributed by atoms with van der Waals surface area (Å²) in [5.74, 6) is 0. The molecule has 0 radical (unpaired) electrons. The van der Waals surface area contributed by atoms with Crippen molar-refractivity contribution in [3.8, 4) is 0 Å². The van der Waals surface area contributed by atoms with E-state index in [2.05, 4.69) is 10.3 Å². The van der Waals surface area contributed by atoms with Crippen molar-refractivity contribution in [1.82, 2.24) is 5.32 Å². The first-order valence-corrected chi connectivity index (χ1v) is 6.91. The summed E-state index contributed by atoms with van der Waals surface area (Å²) in [5, 5.41) is 2.80. The van der Waals surface area contributed by atoms with Gasteiger partial charge in [0.15, 0.2) is 0 Å². The van der Waals surface area contributed by atoms with Crippen LogP contribution in [0.2, 0.25) is 0 Å². The molecule has 1 atom stereocenters. The lowest BCUT2D eigenvalue weighted by atomic mass is 10.2. The first-order chi connectivity index (χ1) is 9.37. The molecule has 0 unspecified atom stereocenters. The molecule has 1 aromatic rings. The number of ether oxygens (including phenoxy) is 1. The van der Waals surface area contributed by atoms with Crippen molar-refractivity contribution in [3.63, 3.8) is 0 Å². The number of carbonyl (C=O) groups is 1. The van der Waals surface area contributed by atoms with E-state index in [1.54, 1.807) is 0 Å². The van der Waals surface area contributed by atoms with Crippen LogP contribution in [0, 0.1) is 0 Å². The number of rotatable bonds is 5. The Bertz CT molecular complexity index is 436. The molecule has 4 heteroatoms. The molecular formula is C16H24N2O2. The second kappa shape index (κ2) is 7.68. The quantitative estimate of drug-likeness (QED) is 0.838. The molecule has 0 aromatic heterocycles. The van der Waals surface area contributed by atoms with Crippen LogP contribution in [0.25, 0.3) is 0 Å². The highest BCUT2D eigenvalue weighted by atomic mass is 16.6. The number of hydrogen-bond donors (Lipinski definition) is 1. The van der Waals surface area contributed by atoms with Crippen LogP contribution >= 0.6 is 0 Å². The Labute approximate surface area is 121 Å². The molecule has 0 aliphatic heterocycles. The van der Waals surface area contributed by atoms with E-state index in [9.17, 15) is 4.79 Å². The van der Waals surface area contributed by atoms with Gasteiger partial charge in [-0.15, -0.1) is 0 Å². The molecule has 0 saturated heterocycles. The molecular weight excluding hydrogens is 252 g/mol. The summed E-state index contributed by atoms with van der Waals surface area (Å²) >= 11 is 0. The first-order valence-electron chi connectivity index (χ1n) is 6.91. The number of hydrogen-bond acceptors (Lipinski definition) is 3. The predicted molar refractivity (Wildman–Crippen MR) is 82.4 cm³/mol. The average Bonchev–Trinajstić information content (AvgIpc) is 2.33. The molecule has 0 saturated carbocycles. The molecule has 0 bridgehead atoms. The molecule has 1 rings (SSSR count). The smallest absolute Gasteiger partial charge is 0.407 e. The molecule has 0 aliphatic carbocycles. The highest BCUT2D eigenvalue weighted by Gasteiger charge is 2.17. The fourth-order valence-electron chi connectivity index (χ4n) is 1.56. The maximum absolute atomic E-state index is 11.6. The fraction of sp³-hybridized carbons (Fsp3) is 0.500. The van der Waals surface area contributed by atoms with Crippen molar-refractivity contribution >= 4 is 12.3 Å². The summed E-state index contributed by atoms with van der Waals surface area (Å²) in [5.41, 5.74) is 0.621. The van der Waals surface area contributed by atoms with Crippen LogP contribution in [0.3, 0.4) is 0 Å². The lowest BCUT2D eigenvalue weighted by Crippen LogP contribution is -2.37. The molecule has 0 heterocycles. The second-order valence-corrected chi connectivity index (χ2v) is 5.78. The Morgan fingerprint density at radius 1 is 1.35 bits per heavy atom. The lowest BCUT2D eigenvalue weighted by Gasteiger charge is -2.21. The van der Waals surface area contributed by atoms with Crippen molar-refractivity contribution < 1.29 is 9.53 Å². The first kappa shape index (κ1) is 16.2. The number of nitrogens with one attached hydrogen (secondary N) is 1. The number of carbonyl (C=O) groups excluding carboxylic acids is 1. The van der Waals surface area contributed by atoms with Crippen LogP contribution in [-0.4, -0.2) is 30.5 Å². The van der Waals surface area contributed by atoms with E-state index < -0.39 is 5.60 Å².